The Morgan fingerprint density at radius 1 is 1.58 bits per heavy atom. The van der Waals surface area contributed by atoms with E-state index in [1.54, 1.807) is 17.1 Å². The molecule has 8 nitrogen and oxygen atoms in total. The summed E-state index contributed by atoms with van der Waals surface area (Å²) < 4.78 is 5.33. The Balaban J connectivity index is 1.70. The second kappa shape index (κ2) is 4.35. The highest BCUT2D eigenvalue weighted by Crippen LogP contribution is 2.44. The van der Waals surface area contributed by atoms with Gasteiger partial charge < -0.3 is 10.2 Å². The number of aromatic nitrogens is 5. The number of aliphatic hydroxyl groups is 1. The molecule has 0 radical (unpaired) electrons. The summed E-state index contributed by atoms with van der Waals surface area (Å²) in [7, 11) is 0. The van der Waals surface area contributed by atoms with Crippen LogP contribution in [-0.4, -0.2) is 40.8 Å². The van der Waals surface area contributed by atoms with E-state index in [-0.39, 0.29) is 12.8 Å². The van der Waals surface area contributed by atoms with Crippen LogP contribution in [-0.2, 0) is 16.9 Å². The summed E-state index contributed by atoms with van der Waals surface area (Å²) in [5.41, 5.74) is -0.741. The van der Waals surface area contributed by atoms with E-state index < -0.39 is 17.5 Å². The molecule has 0 spiro atoms. The summed E-state index contributed by atoms with van der Waals surface area (Å²) >= 11 is 1.27. The molecule has 19 heavy (non-hydrogen) atoms. The molecule has 2 aromatic heterocycles. The molecular weight excluding hydrogens is 270 g/mol. The van der Waals surface area contributed by atoms with E-state index in [4.69, 9.17) is 5.11 Å². The predicted octanol–water partition coefficient (Wildman–Crippen LogP) is -0.140. The van der Waals surface area contributed by atoms with Crippen molar-refractivity contribution >= 4 is 17.5 Å². The molecule has 1 saturated carbocycles. The first-order valence-electron chi connectivity index (χ1n) is 5.69. The number of hydrogen-bond acceptors (Lipinski definition) is 7. The quantitative estimate of drug-likeness (QED) is 0.801. The van der Waals surface area contributed by atoms with Crippen molar-refractivity contribution in [3.8, 4) is 0 Å². The van der Waals surface area contributed by atoms with Crippen LogP contribution in [0.3, 0.4) is 0 Å². The molecule has 9 heteroatoms. The van der Waals surface area contributed by atoms with Gasteiger partial charge in [0.15, 0.2) is 0 Å². The van der Waals surface area contributed by atoms with Gasteiger partial charge in [-0.2, -0.15) is 0 Å². The number of carboxylic acid groups (broad SMARTS) is 1. The lowest BCUT2D eigenvalue weighted by Gasteiger charge is -2.39. The maximum absolute atomic E-state index is 10.8. The number of rotatable bonds is 4. The number of nitrogens with zero attached hydrogens (tertiary/aromatic N) is 5. The first-order chi connectivity index (χ1) is 9.07. The smallest absolute Gasteiger partial charge is 0.306 e. The van der Waals surface area contributed by atoms with E-state index in [0.717, 1.165) is 4.88 Å². The van der Waals surface area contributed by atoms with Crippen LogP contribution in [0.4, 0.5) is 0 Å². The molecule has 100 valence electrons. The van der Waals surface area contributed by atoms with Crippen molar-refractivity contribution in [3.05, 3.63) is 23.0 Å². The van der Waals surface area contributed by atoms with E-state index >= 15 is 0 Å². The van der Waals surface area contributed by atoms with E-state index in [0.29, 0.717) is 12.2 Å². The highest BCUT2D eigenvalue weighted by molar-refractivity contribution is 7.05. The van der Waals surface area contributed by atoms with Crippen LogP contribution in [0.15, 0.2) is 12.4 Å². The first-order valence-corrected chi connectivity index (χ1v) is 6.46. The van der Waals surface area contributed by atoms with Gasteiger partial charge in [-0.15, -0.1) is 10.2 Å². The lowest BCUT2D eigenvalue weighted by atomic mass is 9.69. The number of carbonyl (C=O) groups is 1. The molecule has 1 aliphatic rings. The Hall–Kier alpha value is -1.87. The molecule has 1 aliphatic carbocycles. The molecule has 0 aromatic carbocycles. The molecule has 1 fully saturated rings. The van der Waals surface area contributed by atoms with Gasteiger partial charge in [-0.25, -0.2) is 4.68 Å². The highest BCUT2D eigenvalue weighted by Gasteiger charge is 2.49. The van der Waals surface area contributed by atoms with Crippen molar-refractivity contribution in [1.82, 2.24) is 24.6 Å². The lowest BCUT2D eigenvalue weighted by Crippen LogP contribution is -2.44. The maximum atomic E-state index is 10.8. The largest absolute Gasteiger partial charge is 0.481 e. The zero-order chi connectivity index (χ0) is 13.5. The van der Waals surface area contributed by atoms with Crippen LogP contribution in [0, 0.1) is 5.92 Å². The molecule has 0 unspecified atom stereocenters. The third kappa shape index (κ3) is 2.22. The van der Waals surface area contributed by atoms with Gasteiger partial charge in [0.05, 0.1) is 29.7 Å². The second-order valence-electron chi connectivity index (χ2n) is 4.66. The van der Waals surface area contributed by atoms with E-state index in [9.17, 15) is 9.90 Å². The summed E-state index contributed by atoms with van der Waals surface area (Å²) in [6, 6.07) is 0. The standard InChI is InChI=1S/C10H11N5O3S/c16-9(17)6-1-10(18,2-6)8-5-15(13-12-8)4-7-3-11-14-19-7/h3,5-6,18H,1-2,4H2,(H,16,17). The summed E-state index contributed by atoms with van der Waals surface area (Å²) in [6.07, 6.45) is 3.65. The third-order valence-corrected chi connectivity index (χ3v) is 3.90. The van der Waals surface area contributed by atoms with Crippen molar-refractivity contribution in [2.45, 2.75) is 25.0 Å². The van der Waals surface area contributed by atoms with Crippen LogP contribution in [0.1, 0.15) is 23.4 Å². The van der Waals surface area contributed by atoms with Gasteiger partial charge in [0.25, 0.3) is 0 Å². The zero-order valence-electron chi connectivity index (χ0n) is 9.80. The Labute approximate surface area is 111 Å². The SMILES string of the molecule is O=C(O)C1CC(O)(c2cn(Cc3cnns3)nn2)C1. The average Bonchev–Trinajstić information content (AvgIpc) is 2.96. The maximum Gasteiger partial charge on any atom is 0.306 e. The number of carboxylic acids is 1. The van der Waals surface area contributed by atoms with Gasteiger partial charge >= 0.3 is 5.97 Å². The van der Waals surface area contributed by atoms with Gasteiger partial charge in [0.1, 0.15) is 11.3 Å². The lowest BCUT2D eigenvalue weighted by molar-refractivity contribution is -0.160. The van der Waals surface area contributed by atoms with Crippen molar-refractivity contribution in [2.75, 3.05) is 0 Å². The van der Waals surface area contributed by atoms with Gasteiger partial charge in [-0.3, -0.25) is 4.79 Å². The Kier molecular flexibility index (Phi) is 2.79. The van der Waals surface area contributed by atoms with Crippen molar-refractivity contribution in [1.29, 1.82) is 0 Å². The molecular formula is C10H11N5O3S. The Morgan fingerprint density at radius 2 is 2.37 bits per heavy atom. The fourth-order valence-corrected chi connectivity index (χ4v) is 2.63. The fraction of sp³-hybridized carbons (Fsp3) is 0.500. The molecule has 0 saturated heterocycles. The van der Waals surface area contributed by atoms with E-state index in [2.05, 4.69) is 19.9 Å². The Morgan fingerprint density at radius 3 is 3.00 bits per heavy atom. The molecule has 2 heterocycles. The summed E-state index contributed by atoms with van der Waals surface area (Å²) in [6.45, 7) is 0.489. The molecule has 0 aliphatic heterocycles. The minimum absolute atomic E-state index is 0.184. The fourth-order valence-electron chi connectivity index (χ4n) is 2.15. The Bertz CT molecular complexity index is 590. The molecule has 0 amide bonds. The third-order valence-electron chi connectivity index (χ3n) is 3.26. The van der Waals surface area contributed by atoms with Gasteiger partial charge in [-0.05, 0) is 24.4 Å². The van der Waals surface area contributed by atoms with Crippen LogP contribution in [0.2, 0.25) is 0 Å². The minimum Gasteiger partial charge on any atom is -0.481 e. The number of hydrogen-bond donors (Lipinski definition) is 2. The minimum atomic E-state index is -1.16. The van der Waals surface area contributed by atoms with Crippen molar-refractivity contribution in [2.24, 2.45) is 5.92 Å². The first kappa shape index (κ1) is 12.2. The van der Waals surface area contributed by atoms with Crippen LogP contribution in [0.5, 0.6) is 0 Å². The molecule has 3 rings (SSSR count). The number of aliphatic carboxylic acids is 1. The van der Waals surface area contributed by atoms with Gasteiger partial charge in [0, 0.05) is 0 Å². The van der Waals surface area contributed by atoms with Gasteiger partial charge in [0.2, 0.25) is 0 Å². The summed E-state index contributed by atoms with van der Waals surface area (Å²) in [4.78, 5) is 11.7. The zero-order valence-corrected chi connectivity index (χ0v) is 10.6. The molecule has 0 atom stereocenters. The average molecular weight is 281 g/mol. The topological polar surface area (TPSA) is 114 Å². The molecule has 2 N–H and O–H groups in total. The van der Waals surface area contributed by atoms with Crippen LogP contribution >= 0.6 is 11.5 Å². The normalized spacial score (nSPS) is 26.1. The van der Waals surface area contributed by atoms with Gasteiger partial charge in [-0.1, -0.05) is 9.70 Å². The van der Waals surface area contributed by atoms with E-state index in [1.165, 1.54) is 11.5 Å². The van der Waals surface area contributed by atoms with E-state index in [1.807, 2.05) is 0 Å². The predicted molar refractivity (Wildman–Crippen MR) is 63.3 cm³/mol. The highest BCUT2D eigenvalue weighted by atomic mass is 32.1. The van der Waals surface area contributed by atoms with Crippen LogP contribution < -0.4 is 0 Å². The summed E-state index contributed by atoms with van der Waals surface area (Å²) in [5, 5.41) is 30.6. The molecule has 0 bridgehead atoms. The van der Waals surface area contributed by atoms with Crippen molar-refractivity contribution in [3.63, 3.8) is 0 Å². The summed E-state index contributed by atoms with van der Waals surface area (Å²) in [5.74, 6) is -1.38. The van der Waals surface area contributed by atoms with Crippen LogP contribution in [0.25, 0.3) is 0 Å². The second-order valence-corrected chi connectivity index (χ2v) is 5.53. The monoisotopic (exact) mass is 281 g/mol. The van der Waals surface area contributed by atoms with Crippen molar-refractivity contribution < 1.29 is 15.0 Å². The molecule has 2 aromatic rings.